The van der Waals surface area contributed by atoms with Gasteiger partial charge in [0.15, 0.2) is 0 Å². The molecule has 0 saturated carbocycles. The fraction of sp³-hybridized carbons (Fsp3) is 0.286. The molecule has 0 unspecified atom stereocenters. The van der Waals surface area contributed by atoms with Crippen molar-refractivity contribution in [2.24, 2.45) is 0 Å². The number of para-hydroxylation sites is 1. The molecule has 2 aromatic heterocycles. The van der Waals surface area contributed by atoms with E-state index in [1.165, 1.54) is 11.4 Å². The van der Waals surface area contributed by atoms with E-state index >= 15 is 0 Å². The topological polar surface area (TPSA) is 44.1 Å². The van der Waals surface area contributed by atoms with Crippen LogP contribution in [0.4, 0.5) is 11.4 Å². The maximum absolute atomic E-state index is 12.1. The van der Waals surface area contributed by atoms with Gasteiger partial charge in [-0.2, -0.15) is 0 Å². The van der Waals surface area contributed by atoms with Crippen LogP contribution in [0.15, 0.2) is 79.0 Å². The van der Waals surface area contributed by atoms with Crippen molar-refractivity contribution in [3.05, 3.63) is 84.7 Å². The molecule has 0 atom stereocenters. The number of hydrogen-bond acceptors (Lipinski definition) is 4. The van der Waals surface area contributed by atoms with Gasteiger partial charge < -0.3 is 14.2 Å². The van der Waals surface area contributed by atoms with Crippen molar-refractivity contribution in [1.29, 1.82) is 0 Å². The number of carbonyl (C=O) groups excluding carboxylic acids is 1. The van der Waals surface area contributed by atoms with Gasteiger partial charge in [0.2, 0.25) is 5.91 Å². The van der Waals surface area contributed by atoms with Crippen molar-refractivity contribution < 1.29 is 4.79 Å². The van der Waals surface area contributed by atoms with Crippen molar-refractivity contribution in [3.8, 4) is 11.3 Å². The molecule has 4 heterocycles. The molecule has 1 amide bonds. The van der Waals surface area contributed by atoms with Gasteiger partial charge in [0.05, 0.1) is 11.4 Å². The van der Waals surface area contributed by atoms with E-state index in [4.69, 9.17) is 4.98 Å². The average Bonchev–Trinajstić information content (AvgIpc) is 3.49. The predicted octanol–water partition coefficient (Wildman–Crippen LogP) is 4.45. The highest BCUT2D eigenvalue weighted by Gasteiger charge is 2.23. The van der Waals surface area contributed by atoms with E-state index in [2.05, 4.69) is 87.1 Å². The highest BCUT2D eigenvalue weighted by Crippen LogP contribution is 2.29. The number of fused-ring (bicyclic) bond motifs is 1. The molecule has 2 aromatic carbocycles. The summed E-state index contributed by atoms with van der Waals surface area (Å²) in [6, 6.07) is 25.2. The molecular weight excluding hydrogens is 422 g/mol. The Hall–Kier alpha value is -3.64. The van der Waals surface area contributed by atoms with Crippen molar-refractivity contribution in [2.45, 2.75) is 19.4 Å². The second-order valence-electron chi connectivity index (χ2n) is 9.13. The number of imidazole rings is 1. The van der Waals surface area contributed by atoms with Crippen LogP contribution >= 0.6 is 0 Å². The monoisotopic (exact) mass is 451 g/mol. The zero-order valence-electron chi connectivity index (χ0n) is 19.3. The van der Waals surface area contributed by atoms with Gasteiger partial charge in [-0.25, -0.2) is 4.98 Å². The second-order valence-corrected chi connectivity index (χ2v) is 9.13. The Morgan fingerprint density at radius 1 is 0.765 bits per heavy atom. The number of rotatable bonds is 5. The quantitative estimate of drug-likeness (QED) is 0.450. The molecule has 2 saturated heterocycles. The third-order valence-corrected chi connectivity index (χ3v) is 7.02. The van der Waals surface area contributed by atoms with E-state index < -0.39 is 0 Å². The van der Waals surface area contributed by atoms with Crippen LogP contribution < -0.4 is 9.80 Å². The zero-order valence-corrected chi connectivity index (χ0v) is 19.3. The Morgan fingerprint density at radius 3 is 2.26 bits per heavy atom. The first-order chi connectivity index (χ1) is 16.8. The summed E-state index contributed by atoms with van der Waals surface area (Å²) in [4.78, 5) is 24.0. The normalized spacial score (nSPS) is 17.1. The SMILES string of the molecule is O=C1CCCN1c1ccc(-c2nc3ccccn3c2CN2CCN(c3ccccc3)CC2)cc1. The Balaban J connectivity index is 1.25. The van der Waals surface area contributed by atoms with Crippen LogP contribution in [0.25, 0.3) is 16.9 Å². The third kappa shape index (κ3) is 3.94. The standard InChI is InChI=1S/C28H29N5O/c34-27-10-6-16-32(27)24-13-11-22(12-14-24)28-25(33-15-5-4-9-26(33)29-28)21-30-17-19-31(20-18-30)23-7-2-1-3-8-23/h1-5,7-9,11-15H,6,10,16-21H2. The molecule has 0 aliphatic carbocycles. The molecule has 0 bridgehead atoms. The summed E-state index contributed by atoms with van der Waals surface area (Å²) in [6.45, 7) is 5.75. The van der Waals surface area contributed by atoms with E-state index in [1.807, 2.05) is 11.0 Å². The summed E-state index contributed by atoms with van der Waals surface area (Å²) in [5, 5.41) is 0. The maximum atomic E-state index is 12.1. The number of anilines is 2. The van der Waals surface area contributed by atoms with Gasteiger partial charge in [-0.3, -0.25) is 9.69 Å². The molecule has 0 radical (unpaired) electrons. The first kappa shape index (κ1) is 20.9. The number of pyridine rings is 1. The molecule has 6 heteroatoms. The van der Waals surface area contributed by atoms with E-state index in [1.54, 1.807) is 0 Å². The summed E-state index contributed by atoms with van der Waals surface area (Å²) in [6.07, 6.45) is 3.70. The molecule has 4 aromatic rings. The first-order valence-electron chi connectivity index (χ1n) is 12.2. The van der Waals surface area contributed by atoms with Gasteiger partial charge >= 0.3 is 0 Å². The van der Waals surface area contributed by atoms with Crippen molar-refractivity contribution in [1.82, 2.24) is 14.3 Å². The van der Waals surface area contributed by atoms with Gasteiger partial charge in [0.1, 0.15) is 5.65 Å². The largest absolute Gasteiger partial charge is 0.369 e. The molecule has 172 valence electrons. The number of carbonyl (C=O) groups is 1. The highest BCUT2D eigenvalue weighted by molar-refractivity contribution is 5.95. The van der Waals surface area contributed by atoms with Gasteiger partial charge in [0.25, 0.3) is 0 Å². The fourth-order valence-corrected chi connectivity index (χ4v) is 5.16. The van der Waals surface area contributed by atoms with E-state index in [-0.39, 0.29) is 5.91 Å². The third-order valence-electron chi connectivity index (χ3n) is 7.02. The van der Waals surface area contributed by atoms with E-state index in [9.17, 15) is 4.79 Å². The zero-order chi connectivity index (χ0) is 22.9. The minimum Gasteiger partial charge on any atom is -0.369 e. The molecule has 2 fully saturated rings. The molecular formula is C28H29N5O. The summed E-state index contributed by atoms with van der Waals surface area (Å²) in [5.74, 6) is 0.218. The van der Waals surface area contributed by atoms with Gasteiger partial charge in [-0.15, -0.1) is 0 Å². The fourth-order valence-electron chi connectivity index (χ4n) is 5.16. The second kappa shape index (κ2) is 8.95. The molecule has 34 heavy (non-hydrogen) atoms. The minimum absolute atomic E-state index is 0.218. The van der Waals surface area contributed by atoms with Crippen LogP contribution in [0.2, 0.25) is 0 Å². The Morgan fingerprint density at radius 2 is 1.53 bits per heavy atom. The summed E-state index contributed by atoms with van der Waals surface area (Å²) in [5.41, 5.74) is 6.58. The molecule has 0 N–H and O–H groups in total. The number of benzene rings is 2. The molecule has 2 aliphatic heterocycles. The lowest BCUT2D eigenvalue weighted by atomic mass is 10.1. The Kier molecular flexibility index (Phi) is 5.51. The molecule has 2 aliphatic rings. The first-order valence-corrected chi connectivity index (χ1v) is 12.2. The lowest BCUT2D eigenvalue weighted by Crippen LogP contribution is -2.46. The van der Waals surface area contributed by atoms with Gasteiger partial charge in [0, 0.05) is 68.8 Å². The summed E-state index contributed by atoms with van der Waals surface area (Å²) >= 11 is 0. The van der Waals surface area contributed by atoms with Gasteiger partial charge in [-0.1, -0.05) is 36.4 Å². The van der Waals surface area contributed by atoms with Crippen LogP contribution in [0.5, 0.6) is 0 Å². The Labute approximate surface area is 200 Å². The lowest BCUT2D eigenvalue weighted by Gasteiger charge is -2.36. The summed E-state index contributed by atoms with van der Waals surface area (Å²) < 4.78 is 2.22. The predicted molar refractivity (Wildman–Crippen MR) is 136 cm³/mol. The van der Waals surface area contributed by atoms with Crippen LogP contribution in [0, 0.1) is 0 Å². The molecule has 6 nitrogen and oxygen atoms in total. The van der Waals surface area contributed by atoms with Crippen molar-refractivity contribution in [2.75, 3.05) is 42.5 Å². The van der Waals surface area contributed by atoms with E-state index in [0.717, 1.165) is 68.3 Å². The van der Waals surface area contributed by atoms with Crippen LogP contribution in [-0.2, 0) is 11.3 Å². The average molecular weight is 452 g/mol. The smallest absolute Gasteiger partial charge is 0.227 e. The number of hydrogen-bond donors (Lipinski definition) is 0. The highest BCUT2D eigenvalue weighted by atomic mass is 16.2. The van der Waals surface area contributed by atoms with Crippen LogP contribution in [-0.4, -0.2) is 52.9 Å². The van der Waals surface area contributed by atoms with E-state index in [0.29, 0.717) is 6.42 Å². The number of amides is 1. The maximum Gasteiger partial charge on any atom is 0.227 e. The molecule has 6 rings (SSSR count). The number of aromatic nitrogens is 2. The summed E-state index contributed by atoms with van der Waals surface area (Å²) in [7, 11) is 0. The molecule has 0 spiro atoms. The van der Waals surface area contributed by atoms with Crippen molar-refractivity contribution in [3.63, 3.8) is 0 Å². The number of nitrogens with zero attached hydrogens (tertiary/aromatic N) is 5. The van der Waals surface area contributed by atoms with Crippen molar-refractivity contribution >= 4 is 22.9 Å². The van der Waals surface area contributed by atoms with Crippen LogP contribution in [0.1, 0.15) is 18.5 Å². The van der Waals surface area contributed by atoms with Crippen LogP contribution in [0.3, 0.4) is 0 Å². The van der Waals surface area contributed by atoms with Gasteiger partial charge in [-0.05, 0) is 42.8 Å². The minimum atomic E-state index is 0.218. The Bertz CT molecular complexity index is 1290. The lowest BCUT2D eigenvalue weighted by molar-refractivity contribution is -0.117. The number of piperazine rings is 1.